The van der Waals surface area contributed by atoms with Gasteiger partial charge in [0.2, 0.25) is 17.8 Å². The first-order chi connectivity index (χ1) is 10.3. The summed E-state index contributed by atoms with van der Waals surface area (Å²) in [6.45, 7) is 0.758. The summed E-state index contributed by atoms with van der Waals surface area (Å²) in [5.74, 6) is 1.69. The highest BCUT2D eigenvalue weighted by Crippen LogP contribution is 2.16. The third-order valence-corrected chi connectivity index (χ3v) is 3.75. The molecule has 0 aliphatic heterocycles. The first-order valence-electron chi connectivity index (χ1n) is 6.42. The minimum absolute atomic E-state index is 0.529. The second-order valence-corrected chi connectivity index (χ2v) is 5.45. The van der Waals surface area contributed by atoms with E-state index >= 15 is 0 Å². The Morgan fingerprint density at radius 3 is 2.90 bits per heavy atom. The van der Waals surface area contributed by atoms with E-state index in [1.54, 1.807) is 41.7 Å². The number of hydrogen-bond donors (Lipinski definition) is 1. The third-order valence-electron chi connectivity index (χ3n) is 2.89. The molecule has 3 aromatic heterocycles. The smallest absolute Gasteiger partial charge is 0.241 e. The molecule has 0 bridgehead atoms. The highest BCUT2D eigenvalue weighted by atomic mass is 32.1. The number of aromatic nitrogens is 5. The molecule has 0 unspecified atom stereocenters. The Morgan fingerprint density at radius 1 is 1.33 bits per heavy atom. The van der Waals surface area contributed by atoms with Crippen molar-refractivity contribution in [3.63, 3.8) is 0 Å². The normalized spacial score (nSPS) is 10.6. The molecule has 0 radical (unpaired) electrons. The van der Waals surface area contributed by atoms with E-state index in [4.69, 9.17) is 0 Å². The van der Waals surface area contributed by atoms with E-state index in [0.29, 0.717) is 17.8 Å². The fraction of sp³-hybridized carbons (Fsp3) is 0.231. The summed E-state index contributed by atoms with van der Waals surface area (Å²) in [6, 6.07) is 4.13. The van der Waals surface area contributed by atoms with Gasteiger partial charge in [-0.05, 0) is 11.4 Å². The lowest BCUT2D eigenvalue weighted by molar-refractivity contribution is 0.831. The van der Waals surface area contributed by atoms with Crippen molar-refractivity contribution in [3.05, 3.63) is 41.1 Å². The molecular weight excluding hydrogens is 286 g/mol. The van der Waals surface area contributed by atoms with Crippen LogP contribution in [0, 0.1) is 0 Å². The van der Waals surface area contributed by atoms with Gasteiger partial charge in [0.1, 0.15) is 6.33 Å². The standard InChI is InChI=1S/C13H15N7S/c1-14-11-16-12(19(2)8-10-4-3-7-21-10)18-13(17-11)20-6-5-15-9-20/h3-7,9H,8H2,1-2H3,(H,14,16,17,18). The minimum atomic E-state index is 0.529. The molecular formula is C13H15N7S. The van der Waals surface area contributed by atoms with E-state index in [9.17, 15) is 0 Å². The van der Waals surface area contributed by atoms with Crippen molar-refractivity contribution < 1.29 is 0 Å². The monoisotopic (exact) mass is 301 g/mol. The van der Waals surface area contributed by atoms with E-state index in [2.05, 4.69) is 36.7 Å². The van der Waals surface area contributed by atoms with Gasteiger partial charge in [-0.1, -0.05) is 6.07 Å². The molecule has 0 aliphatic carbocycles. The van der Waals surface area contributed by atoms with Crippen LogP contribution < -0.4 is 10.2 Å². The summed E-state index contributed by atoms with van der Waals surface area (Å²) in [5, 5.41) is 5.03. The molecule has 3 rings (SSSR count). The predicted molar refractivity (Wildman–Crippen MR) is 82.9 cm³/mol. The minimum Gasteiger partial charge on any atom is -0.357 e. The highest BCUT2D eigenvalue weighted by Gasteiger charge is 2.11. The summed E-state index contributed by atoms with van der Waals surface area (Å²) in [7, 11) is 3.75. The van der Waals surface area contributed by atoms with Crippen molar-refractivity contribution in [1.29, 1.82) is 0 Å². The average molecular weight is 301 g/mol. The van der Waals surface area contributed by atoms with Gasteiger partial charge in [-0.3, -0.25) is 4.57 Å². The van der Waals surface area contributed by atoms with Gasteiger partial charge >= 0.3 is 0 Å². The van der Waals surface area contributed by atoms with Crippen LogP contribution in [-0.4, -0.2) is 38.6 Å². The van der Waals surface area contributed by atoms with Gasteiger partial charge in [-0.25, -0.2) is 4.98 Å². The average Bonchev–Trinajstić information content (AvgIpc) is 3.20. The number of nitrogens with one attached hydrogen (secondary N) is 1. The van der Waals surface area contributed by atoms with Crippen molar-refractivity contribution in [2.24, 2.45) is 0 Å². The molecule has 0 aliphatic rings. The van der Waals surface area contributed by atoms with Crippen LogP contribution in [0.25, 0.3) is 5.95 Å². The van der Waals surface area contributed by atoms with Crippen LogP contribution in [-0.2, 0) is 6.54 Å². The molecule has 21 heavy (non-hydrogen) atoms. The number of anilines is 2. The second kappa shape index (κ2) is 5.88. The lowest BCUT2D eigenvalue weighted by atomic mass is 10.4. The second-order valence-electron chi connectivity index (χ2n) is 4.41. The molecule has 3 heterocycles. The Kier molecular flexibility index (Phi) is 3.78. The van der Waals surface area contributed by atoms with E-state index in [-0.39, 0.29) is 0 Å². The number of nitrogens with zero attached hydrogens (tertiary/aromatic N) is 6. The van der Waals surface area contributed by atoms with Crippen LogP contribution >= 0.6 is 11.3 Å². The van der Waals surface area contributed by atoms with Gasteiger partial charge in [0.05, 0.1) is 6.54 Å². The maximum Gasteiger partial charge on any atom is 0.241 e. The summed E-state index contributed by atoms with van der Waals surface area (Å²) >= 11 is 1.71. The first-order valence-corrected chi connectivity index (χ1v) is 7.30. The molecule has 7 nitrogen and oxygen atoms in total. The van der Waals surface area contributed by atoms with Crippen molar-refractivity contribution in [2.75, 3.05) is 24.3 Å². The molecule has 0 aromatic carbocycles. The summed E-state index contributed by atoms with van der Waals surface area (Å²) in [5.41, 5.74) is 0. The third kappa shape index (κ3) is 3.00. The van der Waals surface area contributed by atoms with Crippen molar-refractivity contribution in [2.45, 2.75) is 6.54 Å². The quantitative estimate of drug-likeness (QED) is 0.775. The lowest BCUT2D eigenvalue weighted by Gasteiger charge is -2.17. The largest absolute Gasteiger partial charge is 0.357 e. The molecule has 1 N–H and O–H groups in total. The highest BCUT2D eigenvalue weighted by molar-refractivity contribution is 7.09. The van der Waals surface area contributed by atoms with Crippen LogP contribution in [0.2, 0.25) is 0 Å². The lowest BCUT2D eigenvalue weighted by Crippen LogP contribution is -2.20. The van der Waals surface area contributed by atoms with E-state index in [1.807, 2.05) is 18.0 Å². The fourth-order valence-corrected chi connectivity index (χ4v) is 2.59. The fourth-order valence-electron chi connectivity index (χ4n) is 1.84. The van der Waals surface area contributed by atoms with Gasteiger partial charge in [0, 0.05) is 31.4 Å². The Morgan fingerprint density at radius 2 is 2.24 bits per heavy atom. The molecule has 0 fully saturated rings. The van der Waals surface area contributed by atoms with Crippen molar-refractivity contribution in [1.82, 2.24) is 24.5 Å². The molecule has 0 saturated heterocycles. The van der Waals surface area contributed by atoms with Gasteiger partial charge in [-0.2, -0.15) is 15.0 Å². The van der Waals surface area contributed by atoms with Crippen LogP contribution in [0.3, 0.4) is 0 Å². The molecule has 0 amide bonds. The molecule has 3 aromatic rings. The molecule has 0 spiro atoms. The maximum atomic E-state index is 4.50. The molecule has 0 atom stereocenters. The topological polar surface area (TPSA) is 71.8 Å². The molecule has 0 saturated carbocycles. The van der Waals surface area contributed by atoms with Gasteiger partial charge in [0.15, 0.2) is 0 Å². The van der Waals surface area contributed by atoms with Crippen molar-refractivity contribution in [3.8, 4) is 5.95 Å². The first kappa shape index (κ1) is 13.5. The zero-order chi connectivity index (χ0) is 14.7. The van der Waals surface area contributed by atoms with Gasteiger partial charge in [-0.15, -0.1) is 11.3 Å². The number of imidazole rings is 1. The van der Waals surface area contributed by atoms with Crippen molar-refractivity contribution >= 4 is 23.2 Å². The number of rotatable bonds is 5. The zero-order valence-electron chi connectivity index (χ0n) is 11.8. The van der Waals surface area contributed by atoms with Crippen LogP contribution in [0.4, 0.5) is 11.9 Å². The Bertz CT molecular complexity index is 693. The molecule has 8 heteroatoms. The van der Waals surface area contributed by atoms with E-state index in [1.165, 1.54) is 4.88 Å². The van der Waals surface area contributed by atoms with E-state index < -0.39 is 0 Å². The van der Waals surface area contributed by atoms with Crippen LogP contribution in [0.5, 0.6) is 0 Å². The summed E-state index contributed by atoms with van der Waals surface area (Å²) in [4.78, 5) is 20.5. The SMILES string of the molecule is CNc1nc(N(C)Cc2cccs2)nc(-n2ccnc2)n1. The predicted octanol–water partition coefficient (Wildman–Crippen LogP) is 1.80. The summed E-state index contributed by atoms with van der Waals surface area (Å²) < 4.78 is 1.75. The molecule has 108 valence electrons. The Balaban J connectivity index is 1.92. The van der Waals surface area contributed by atoms with Gasteiger partial charge < -0.3 is 10.2 Å². The number of thiophene rings is 1. The van der Waals surface area contributed by atoms with Crippen LogP contribution in [0.15, 0.2) is 36.2 Å². The Labute approximate surface area is 126 Å². The van der Waals surface area contributed by atoms with E-state index in [0.717, 1.165) is 6.54 Å². The zero-order valence-corrected chi connectivity index (χ0v) is 12.6. The summed E-state index contributed by atoms with van der Waals surface area (Å²) in [6.07, 6.45) is 5.16. The Hall–Kier alpha value is -2.48. The van der Waals surface area contributed by atoms with Crippen LogP contribution in [0.1, 0.15) is 4.88 Å². The number of hydrogen-bond acceptors (Lipinski definition) is 7. The van der Waals surface area contributed by atoms with Gasteiger partial charge in [0.25, 0.3) is 0 Å². The maximum absolute atomic E-state index is 4.50.